The first-order valence-corrected chi connectivity index (χ1v) is 5.26. The quantitative estimate of drug-likeness (QED) is 0.586. The van der Waals surface area contributed by atoms with Gasteiger partial charge >= 0.3 is 5.97 Å². The second-order valence-corrected chi connectivity index (χ2v) is 3.30. The predicted octanol–water partition coefficient (Wildman–Crippen LogP) is 0.137. The van der Waals surface area contributed by atoms with Crippen molar-refractivity contribution in [3.8, 4) is 0 Å². The van der Waals surface area contributed by atoms with Crippen LogP contribution in [-0.4, -0.2) is 43.0 Å². The van der Waals surface area contributed by atoms with Crippen LogP contribution < -0.4 is 5.73 Å². The maximum Gasteiger partial charge on any atom is 0.320 e. The molecule has 0 aliphatic heterocycles. The average Bonchev–Trinajstić information content (AvgIpc) is 2.15. The van der Waals surface area contributed by atoms with E-state index in [1.54, 1.807) is 6.92 Å². The molecule has 0 radical (unpaired) electrons. The van der Waals surface area contributed by atoms with Gasteiger partial charge in [-0.05, 0) is 19.9 Å². The molecular weight excluding hydrogens is 196 g/mol. The standard InChI is InChI=1S/C10H20N2O3/c1-3-6-12(7-5-9(11)13)8-10(14)15-4-2/h3-8H2,1-2H3,(H2,11,13). The molecule has 0 fully saturated rings. The van der Waals surface area contributed by atoms with Crippen LogP contribution in [-0.2, 0) is 14.3 Å². The lowest BCUT2D eigenvalue weighted by Gasteiger charge is -2.19. The fraction of sp³-hybridized carbons (Fsp3) is 0.800. The summed E-state index contributed by atoms with van der Waals surface area (Å²) in [5.41, 5.74) is 5.04. The van der Waals surface area contributed by atoms with Crippen molar-refractivity contribution in [1.29, 1.82) is 0 Å². The molecule has 0 aromatic heterocycles. The molecule has 1 amide bonds. The van der Waals surface area contributed by atoms with E-state index in [2.05, 4.69) is 0 Å². The maximum absolute atomic E-state index is 11.2. The zero-order valence-corrected chi connectivity index (χ0v) is 9.49. The molecule has 0 rings (SSSR count). The van der Waals surface area contributed by atoms with Gasteiger partial charge in [-0.2, -0.15) is 0 Å². The number of primary amides is 1. The Bertz CT molecular complexity index is 207. The molecule has 0 saturated heterocycles. The van der Waals surface area contributed by atoms with Crippen LogP contribution in [0.2, 0.25) is 0 Å². The molecule has 15 heavy (non-hydrogen) atoms. The molecular formula is C10H20N2O3. The maximum atomic E-state index is 11.2. The number of carbonyl (C=O) groups excluding carboxylic acids is 2. The number of rotatable bonds is 8. The summed E-state index contributed by atoms with van der Waals surface area (Å²) in [4.78, 5) is 23.7. The molecule has 88 valence electrons. The fourth-order valence-corrected chi connectivity index (χ4v) is 1.24. The van der Waals surface area contributed by atoms with Crippen molar-refractivity contribution >= 4 is 11.9 Å². The lowest BCUT2D eigenvalue weighted by atomic mass is 10.3. The molecule has 5 heteroatoms. The topological polar surface area (TPSA) is 72.6 Å². The third-order valence-electron chi connectivity index (χ3n) is 1.87. The van der Waals surface area contributed by atoms with Crippen LogP contribution in [0.15, 0.2) is 0 Å². The van der Waals surface area contributed by atoms with Crippen molar-refractivity contribution in [1.82, 2.24) is 4.90 Å². The van der Waals surface area contributed by atoms with Crippen LogP contribution in [0.4, 0.5) is 0 Å². The molecule has 0 aromatic rings. The van der Waals surface area contributed by atoms with Gasteiger partial charge in [0.15, 0.2) is 0 Å². The van der Waals surface area contributed by atoms with Crippen molar-refractivity contribution in [2.45, 2.75) is 26.7 Å². The number of carbonyl (C=O) groups is 2. The molecule has 0 saturated carbocycles. The SMILES string of the molecule is CCCN(CCC(N)=O)CC(=O)OCC. The molecule has 0 atom stereocenters. The molecule has 2 N–H and O–H groups in total. The zero-order chi connectivity index (χ0) is 11.7. The minimum Gasteiger partial charge on any atom is -0.465 e. The van der Waals surface area contributed by atoms with E-state index < -0.39 is 0 Å². The minimum atomic E-state index is -0.347. The smallest absolute Gasteiger partial charge is 0.320 e. The van der Waals surface area contributed by atoms with Crippen molar-refractivity contribution < 1.29 is 14.3 Å². The molecule has 0 unspecified atom stereocenters. The third-order valence-corrected chi connectivity index (χ3v) is 1.87. The Balaban J connectivity index is 3.91. The van der Waals surface area contributed by atoms with Gasteiger partial charge in [-0.1, -0.05) is 6.92 Å². The van der Waals surface area contributed by atoms with E-state index >= 15 is 0 Å². The van der Waals surface area contributed by atoms with Crippen LogP contribution in [0.3, 0.4) is 0 Å². The molecule has 0 heterocycles. The molecule has 0 aliphatic rings. The van der Waals surface area contributed by atoms with E-state index in [4.69, 9.17) is 10.5 Å². The number of ether oxygens (including phenoxy) is 1. The summed E-state index contributed by atoms with van der Waals surface area (Å²) in [7, 11) is 0. The van der Waals surface area contributed by atoms with Crippen molar-refractivity contribution in [2.75, 3.05) is 26.2 Å². The van der Waals surface area contributed by atoms with Gasteiger partial charge in [0.2, 0.25) is 5.91 Å². The first kappa shape index (κ1) is 13.9. The Morgan fingerprint density at radius 3 is 2.40 bits per heavy atom. The Kier molecular flexibility index (Phi) is 7.62. The van der Waals surface area contributed by atoms with Gasteiger partial charge in [0.25, 0.3) is 0 Å². The lowest BCUT2D eigenvalue weighted by Crippen LogP contribution is -2.34. The van der Waals surface area contributed by atoms with E-state index in [9.17, 15) is 9.59 Å². The summed E-state index contributed by atoms with van der Waals surface area (Å²) in [6.45, 7) is 5.69. The number of nitrogens with zero attached hydrogens (tertiary/aromatic N) is 1. The van der Waals surface area contributed by atoms with Crippen LogP contribution in [0.1, 0.15) is 26.7 Å². The van der Waals surface area contributed by atoms with Crippen LogP contribution >= 0.6 is 0 Å². The zero-order valence-electron chi connectivity index (χ0n) is 9.49. The number of amides is 1. The summed E-state index contributed by atoms with van der Waals surface area (Å²) in [6, 6.07) is 0. The van der Waals surface area contributed by atoms with Gasteiger partial charge in [-0.3, -0.25) is 14.5 Å². The van der Waals surface area contributed by atoms with E-state index in [1.165, 1.54) is 0 Å². The van der Waals surface area contributed by atoms with Crippen molar-refractivity contribution in [3.63, 3.8) is 0 Å². The van der Waals surface area contributed by atoms with Gasteiger partial charge < -0.3 is 10.5 Å². The average molecular weight is 216 g/mol. The first-order valence-electron chi connectivity index (χ1n) is 5.26. The molecule has 0 aromatic carbocycles. The Morgan fingerprint density at radius 1 is 1.27 bits per heavy atom. The highest BCUT2D eigenvalue weighted by molar-refractivity contribution is 5.74. The minimum absolute atomic E-state index is 0.231. The summed E-state index contributed by atoms with van der Waals surface area (Å²) in [5.74, 6) is -0.601. The van der Waals surface area contributed by atoms with Gasteiger partial charge in [0.05, 0.1) is 13.2 Å². The Hall–Kier alpha value is -1.10. The van der Waals surface area contributed by atoms with Crippen molar-refractivity contribution in [2.24, 2.45) is 5.73 Å². The summed E-state index contributed by atoms with van der Waals surface area (Å²) in [6.07, 6.45) is 1.21. The van der Waals surface area contributed by atoms with Crippen LogP contribution in [0, 0.1) is 0 Å². The molecule has 0 bridgehead atoms. The third kappa shape index (κ3) is 7.93. The van der Waals surface area contributed by atoms with Crippen LogP contribution in [0.5, 0.6) is 0 Å². The fourth-order valence-electron chi connectivity index (χ4n) is 1.24. The monoisotopic (exact) mass is 216 g/mol. The largest absolute Gasteiger partial charge is 0.465 e. The first-order chi connectivity index (χ1) is 7.10. The normalized spacial score (nSPS) is 10.3. The number of nitrogens with two attached hydrogens (primary N) is 1. The second-order valence-electron chi connectivity index (χ2n) is 3.30. The molecule has 0 aliphatic carbocycles. The number of hydrogen-bond acceptors (Lipinski definition) is 4. The summed E-state index contributed by atoms with van der Waals surface area (Å²) < 4.78 is 4.83. The van der Waals surface area contributed by atoms with Gasteiger partial charge in [-0.25, -0.2) is 0 Å². The summed E-state index contributed by atoms with van der Waals surface area (Å²) >= 11 is 0. The highest BCUT2D eigenvalue weighted by Crippen LogP contribution is 1.95. The van der Waals surface area contributed by atoms with Crippen LogP contribution in [0.25, 0.3) is 0 Å². The number of hydrogen-bond donors (Lipinski definition) is 1. The highest BCUT2D eigenvalue weighted by atomic mass is 16.5. The van der Waals surface area contributed by atoms with Gasteiger partial charge in [-0.15, -0.1) is 0 Å². The molecule has 5 nitrogen and oxygen atoms in total. The predicted molar refractivity (Wildman–Crippen MR) is 57.2 cm³/mol. The highest BCUT2D eigenvalue weighted by Gasteiger charge is 2.11. The Labute approximate surface area is 90.6 Å². The van der Waals surface area contributed by atoms with E-state index in [0.29, 0.717) is 13.2 Å². The van der Waals surface area contributed by atoms with Crippen molar-refractivity contribution in [3.05, 3.63) is 0 Å². The Morgan fingerprint density at radius 2 is 1.93 bits per heavy atom. The molecule has 0 spiro atoms. The van der Waals surface area contributed by atoms with Gasteiger partial charge in [0.1, 0.15) is 0 Å². The van der Waals surface area contributed by atoms with E-state index in [0.717, 1.165) is 13.0 Å². The van der Waals surface area contributed by atoms with Gasteiger partial charge in [0, 0.05) is 13.0 Å². The summed E-state index contributed by atoms with van der Waals surface area (Å²) in [5, 5.41) is 0. The number of esters is 1. The lowest BCUT2D eigenvalue weighted by molar-refractivity contribution is -0.144. The van der Waals surface area contributed by atoms with E-state index in [1.807, 2.05) is 11.8 Å². The second kappa shape index (κ2) is 8.23. The van der Waals surface area contributed by atoms with E-state index in [-0.39, 0.29) is 24.8 Å².